The molecule has 1 heterocycles. The first-order valence-corrected chi connectivity index (χ1v) is 5.62. The molecule has 0 amide bonds. The van der Waals surface area contributed by atoms with Gasteiger partial charge in [0.15, 0.2) is 0 Å². The Balaban J connectivity index is 2.20. The van der Waals surface area contributed by atoms with Crippen molar-refractivity contribution in [3.05, 3.63) is 48.5 Å². The second-order valence-corrected chi connectivity index (χ2v) is 4.35. The summed E-state index contributed by atoms with van der Waals surface area (Å²) in [5, 5.41) is 0. The van der Waals surface area contributed by atoms with Crippen molar-refractivity contribution in [2.75, 3.05) is 0 Å². The van der Waals surface area contributed by atoms with Crippen LogP contribution in [-0.4, -0.2) is 9.97 Å². The van der Waals surface area contributed by atoms with Gasteiger partial charge in [-0.25, -0.2) is 9.97 Å². The van der Waals surface area contributed by atoms with Gasteiger partial charge in [0.05, 0.1) is 0 Å². The Bertz CT molecular complexity index is 432. The van der Waals surface area contributed by atoms with Gasteiger partial charge in [-0.3, -0.25) is 0 Å². The van der Waals surface area contributed by atoms with E-state index in [-0.39, 0.29) is 0 Å². The third-order valence-corrected chi connectivity index (χ3v) is 2.40. The molecule has 0 aliphatic carbocycles. The molecule has 0 aliphatic rings. The van der Waals surface area contributed by atoms with Crippen molar-refractivity contribution in [3.63, 3.8) is 0 Å². The molecule has 82 valence electrons. The zero-order chi connectivity index (χ0) is 11.4. The van der Waals surface area contributed by atoms with Gasteiger partial charge in [-0.05, 0) is 11.5 Å². The number of aromatic nitrogens is 2. The molecular formula is C14H16N2. The van der Waals surface area contributed by atoms with Crippen molar-refractivity contribution in [2.45, 2.75) is 20.3 Å². The summed E-state index contributed by atoms with van der Waals surface area (Å²) < 4.78 is 0. The van der Waals surface area contributed by atoms with Crippen LogP contribution in [0.25, 0.3) is 11.1 Å². The highest BCUT2D eigenvalue weighted by atomic mass is 14.9. The third-order valence-electron chi connectivity index (χ3n) is 2.40. The third kappa shape index (κ3) is 2.66. The number of hydrogen-bond acceptors (Lipinski definition) is 2. The second kappa shape index (κ2) is 4.88. The highest BCUT2D eigenvalue weighted by Gasteiger charge is 2.02. The van der Waals surface area contributed by atoms with E-state index in [1.54, 1.807) is 0 Å². The average molecular weight is 212 g/mol. The molecule has 0 bridgehead atoms. The lowest BCUT2D eigenvalue weighted by atomic mass is 10.1. The maximum atomic E-state index is 4.38. The van der Waals surface area contributed by atoms with Crippen LogP contribution in [0, 0.1) is 5.92 Å². The van der Waals surface area contributed by atoms with Gasteiger partial charge in [0.1, 0.15) is 5.82 Å². The molecule has 1 aromatic carbocycles. The topological polar surface area (TPSA) is 25.8 Å². The Morgan fingerprint density at radius 1 is 0.938 bits per heavy atom. The highest BCUT2D eigenvalue weighted by Crippen LogP contribution is 2.16. The molecule has 0 N–H and O–H groups in total. The van der Waals surface area contributed by atoms with Gasteiger partial charge in [0, 0.05) is 24.4 Å². The minimum Gasteiger partial charge on any atom is -0.241 e. The lowest BCUT2D eigenvalue weighted by Crippen LogP contribution is -2.00. The molecule has 0 unspecified atom stereocenters. The first-order chi connectivity index (χ1) is 7.75. The molecule has 2 aromatic rings. The summed E-state index contributed by atoms with van der Waals surface area (Å²) in [5.41, 5.74) is 2.24. The fourth-order valence-corrected chi connectivity index (χ4v) is 1.61. The molecule has 0 radical (unpaired) electrons. The number of nitrogens with zero attached hydrogens (tertiary/aromatic N) is 2. The van der Waals surface area contributed by atoms with Crippen molar-refractivity contribution < 1.29 is 0 Å². The Morgan fingerprint density at radius 3 is 2.12 bits per heavy atom. The first kappa shape index (κ1) is 10.8. The van der Waals surface area contributed by atoms with Gasteiger partial charge in [-0.15, -0.1) is 0 Å². The van der Waals surface area contributed by atoms with Crippen LogP contribution >= 0.6 is 0 Å². The summed E-state index contributed by atoms with van der Waals surface area (Å²) in [5.74, 6) is 1.53. The van der Waals surface area contributed by atoms with E-state index < -0.39 is 0 Å². The maximum Gasteiger partial charge on any atom is 0.128 e. The van der Waals surface area contributed by atoms with Crippen LogP contribution < -0.4 is 0 Å². The van der Waals surface area contributed by atoms with Gasteiger partial charge in [-0.1, -0.05) is 44.2 Å². The van der Waals surface area contributed by atoms with Gasteiger partial charge in [0.25, 0.3) is 0 Å². The normalized spacial score (nSPS) is 10.7. The molecular weight excluding hydrogens is 196 g/mol. The molecule has 0 atom stereocenters. The molecule has 2 rings (SSSR count). The summed E-state index contributed by atoms with van der Waals surface area (Å²) in [7, 11) is 0. The summed E-state index contributed by atoms with van der Waals surface area (Å²) in [4.78, 5) is 8.77. The fourth-order valence-electron chi connectivity index (χ4n) is 1.61. The molecule has 16 heavy (non-hydrogen) atoms. The number of rotatable bonds is 3. The second-order valence-electron chi connectivity index (χ2n) is 4.35. The van der Waals surface area contributed by atoms with E-state index in [4.69, 9.17) is 0 Å². The lowest BCUT2D eigenvalue weighted by molar-refractivity contribution is 0.620. The SMILES string of the molecule is CC(C)Cc1ncc(-c2ccccc2)cn1. The quantitative estimate of drug-likeness (QED) is 0.779. The predicted molar refractivity (Wildman–Crippen MR) is 66.0 cm³/mol. The monoisotopic (exact) mass is 212 g/mol. The average Bonchev–Trinajstić information content (AvgIpc) is 2.30. The summed E-state index contributed by atoms with van der Waals surface area (Å²) in [6.07, 6.45) is 4.75. The molecule has 0 spiro atoms. The fraction of sp³-hybridized carbons (Fsp3) is 0.286. The van der Waals surface area contributed by atoms with Crippen molar-refractivity contribution in [1.82, 2.24) is 9.97 Å². The zero-order valence-corrected chi connectivity index (χ0v) is 9.72. The van der Waals surface area contributed by atoms with Crippen molar-refractivity contribution in [1.29, 1.82) is 0 Å². The molecule has 2 nitrogen and oxygen atoms in total. The van der Waals surface area contributed by atoms with Gasteiger partial charge < -0.3 is 0 Å². The predicted octanol–water partition coefficient (Wildman–Crippen LogP) is 3.34. The smallest absolute Gasteiger partial charge is 0.128 e. The maximum absolute atomic E-state index is 4.38. The Kier molecular flexibility index (Phi) is 3.30. The molecule has 1 aromatic heterocycles. The van der Waals surface area contributed by atoms with Gasteiger partial charge >= 0.3 is 0 Å². The van der Waals surface area contributed by atoms with E-state index >= 15 is 0 Å². The van der Waals surface area contributed by atoms with Crippen molar-refractivity contribution in [2.24, 2.45) is 5.92 Å². The minimum absolute atomic E-state index is 0.600. The number of hydrogen-bond donors (Lipinski definition) is 0. The first-order valence-electron chi connectivity index (χ1n) is 5.62. The standard InChI is InChI=1S/C14H16N2/c1-11(2)8-14-15-9-13(10-16-14)12-6-4-3-5-7-12/h3-7,9-11H,8H2,1-2H3. The largest absolute Gasteiger partial charge is 0.241 e. The van der Waals surface area contributed by atoms with Crippen LogP contribution in [0.15, 0.2) is 42.7 Å². The van der Waals surface area contributed by atoms with E-state index in [2.05, 4.69) is 35.9 Å². The summed E-state index contributed by atoms with van der Waals surface area (Å²) in [6.45, 7) is 4.35. The van der Waals surface area contributed by atoms with Crippen LogP contribution in [0.2, 0.25) is 0 Å². The van der Waals surface area contributed by atoms with E-state index in [0.29, 0.717) is 5.92 Å². The molecule has 0 aliphatic heterocycles. The zero-order valence-electron chi connectivity index (χ0n) is 9.72. The Hall–Kier alpha value is -1.70. The lowest BCUT2D eigenvalue weighted by Gasteiger charge is -2.04. The van der Waals surface area contributed by atoms with E-state index in [1.165, 1.54) is 5.56 Å². The summed E-state index contributed by atoms with van der Waals surface area (Å²) >= 11 is 0. The van der Waals surface area contributed by atoms with Crippen LogP contribution in [0.3, 0.4) is 0 Å². The highest BCUT2D eigenvalue weighted by molar-refractivity contribution is 5.60. The Labute approximate surface area is 96.4 Å². The van der Waals surface area contributed by atoms with Crippen LogP contribution in [0.4, 0.5) is 0 Å². The van der Waals surface area contributed by atoms with E-state index in [9.17, 15) is 0 Å². The van der Waals surface area contributed by atoms with Crippen LogP contribution in [0.1, 0.15) is 19.7 Å². The van der Waals surface area contributed by atoms with Gasteiger partial charge in [0.2, 0.25) is 0 Å². The van der Waals surface area contributed by atoms with Gasteiger partial charge in [-0.2, -0.15) is 0 Å². The molecule has 0 saturated carbocycles. The Morgan fingerprint density at radius 2 is 1.56 bits per heavy atom. The van der Waals surface area contributed by atoms with E-state index in [0.717, 1.165) is 17.8 Å². The van der Waals surface area contributed by atoms with Crippen molar-refractivity contribution in [3.8, 4) is 11.1 Å². The molecule has 2 heteroatoms. The van der Waals surface area contributed by atoms with Crippen LogP contribution in [0.5, 0.6) is 0 Å². The van der Waals surface area contributed by atoms with Crippen LogP contribution in [-0.2, 0) is 6.42 Å². The molecule has 0 fully saturated rings. The minimum atomic E-state index is 0.600. The summed E-state index contributed by atoms with van der Waals surface area (Å²) in [6, 6.07) is 10.2. The van der Waals surface area contributed by atoms with Crippen molar-refractivity contribution >= 4 is 0 Å². The number of benzene rings is 1. The van der Waals surface area contributed by atoms with E-state index in [1.807, 2.05) is 30.6 Å². The molecule has 0 saturated heterocycles.